The molecule has 1 amide bonds. The summed E-state index contributed by atoms with van der Waals surface area (Å²) in [4.78, 5) is 22.3. The number of carboxylic acid groups (broad SMARTS) is 1. The van der Waals surface area contributed by atoms with Crippen LogP contribution < -0.4 is 10.6 Å². The molecule has 168 valence electrons. The quantitative estimate of drug-likeness (QED) is 0.440. The van der Waals surface area contributed by atoms with Crippen molar-refractivity contribution >= 4 is 39.2 Å². The predicted octanol–water partition coefficient (Wildman–Crippen LogP) is 2.83. The van der Waals surface area contributed by atoms with Crippen molar-refractivity contribution in [3.05, 3.63) is 27.9 Å². The van der Waals surface area contributed by atoms with Crippen LogP contribution in [0.3, 0.4) is 0 Å². The van der Waals surface area contributed by atoms with Gasteiger partial charge in [0.2, 0.25) is 0 Å². The summed E-state index contributed by atoms with van der Waals surface area (Å²) in [7, 11) is 1.59. The molecule has 4 rings (SSSR count). The van der Waals surface area contributed by atoms with Gasteiger partial charge in [-0.25, -0.2) is 13.6 Å². The van der Waals surface area contributed by atoms with Gasteiger partial charge in [0.25, 0.3) is 12.3 Å². The molecule has 0 saturated heterocycles. The molecule has 0 fully saturated rings. The molecule has 0 spiro atoms. The summed E-state index contributed by atoms with van der Waals surface area (Å²) >= 11 is 1.13. The molecular formula is C16H15F5N6O3S. The minimum atomic E-state index is -5.08. The van der Waals surface area contributed by atoms with Gasteiger partial charge in [0.1, 0.15) is 10.5 Å². The van der Waals surface area contributed by atoms with Gasteiger partial charge in [-0.05, 0) is 6.07 Å². The largest absolute Gasteiger partial charge is 0.490 e. The highest BCUT2D eigenvalue weighted by Crippen LogP contribution is 2.33. The third-order valence-electron chi connectivity index (χ3n) is 4.25. The Morgan fingerprint density at radius 3 is 2.65 bits per heavy atom. The number of aromatic nitrogens is 4. The SMILES string of the molecule is Cn1nc(C(F)F)c2cc(C(=O)Nc3n[nH]c4c3CNCC4)sc21.O=C(O)C(F)(F)F. The van der Waals surface area contributed by atoms with Crippen molar-refractivity contribution in [1.82, 2.24) is 25.3 Å². The highest BCUT2D eigenvalue weighted by Gasteiger charge is 2.38. The van der Waals surface area contributed by atoms with Crippen molar-refractivity contribution < 1.29 is 36.6 Å². The molecule has 0 aromatic carbocycles. The maximum atomic E-state index is 13.0. The van der Waals surface area contributed by atoms with E-state index in [0.29, 0.717) is 27.5 Å². The first-order valence-electron chi connectivity index (χ1n) is 8.62. The number of H-pyrrole nitrogens is 1. The number of carboxylic acids is 1. The Bertz CT molecular complexity index is 1120. The third-order valence-corrected chi connectivity index (χ3v) is 5.45. The molecular weight excluding hydrogens is 451 g/mol. The summed E-state index contributed by atoms with van der Waals surface area (Å²) in [6.07, 6.45) is -6.94. The van der Waals surface area contributed by atoms with E-state index in [4.69, 9.17) is 9.90 Å². The van der Waals surface area contributed by atoms with Crippen LogP contribution in [-0.2, 0) is 24.8 Å². The van der Waals surface area contributed by atoms with Gasteiger partial charge in [-0.3, -0.25) is 14.6 Å². The van der Waals surface area contributed by atoms with Crippen molar-refractivity contribution in [3.8, 4) is 0 Å². The lowest BCUT2D eigenvalue weighted by molar-refractivity contribution is -0.192. The minimum absolute atomic E-state index is 0.302. The zero-order valence-corrected chi connectivity index (χ0v) is 16.5. The molecule has 0 atom stereocenters. The van der Waals surface area contributed by atoms with Crippen molar-refractivity contribution in [2.24, 2.45) is 7.05 Å². The summed E-state index contributed by atoms with van der Waals surface area (Å²) in [5.41, 5.74) is 1.64. The Balaban J connectivity index is 0.000000339. The summed E-state index contributed by atoms with van der Waals surface area (Å²) in [6, 6.07) is 1.46. The number of rotatable bonds is 3. The first kappa shape index (κ1) is 22.6. The molecule has 31 heavy (non-hydrogen) atoms. The number of fused-ring (bicyclic) bond motifs is 2. The molecule has 3 aromatic rings. The summed E-state index contributed by atoms with van der Waals surface area (Å²) in [5, 5.41) is 24.3. The summed E-state index contributed by atoms with van der Waals surface area (Å²) < 4.78 is 59.2. The lowest BCUT2D eigenvalue weighted by Gasteiger charge is -2.12. The molecule has 0 bridgehead atoms. The number of alkyl halides is 5. The maximum absolute atomic E-state index is 13.0. The van der Waals surface area contributed by atoms with E-state index in [1.165, 1.54) is 10.7 Å². The van der Waals surface area contributed by atoms with Gasteiger partial charge in [0, 0.05) is 43.2 Å². The Kier molecular flexibility index (Phi) is 6.26. The van der Waals surface area contributed by atoms with Gasteiger partial charge in [-0.15, -0.1) is 11.3 Å². The lowest BCUT2D eigenvalue weighted by Crippen LogP contribution is -2.24. The van der Waals surface area contributed by atoms with E-state index >= 15 is 0 Å². The maximum Gasteiger partial charge on any atom is 0.490 e. The lowest BCUT2D eigenvalue weighted by atomic mass is 10.1. The van der Waals surface area contributed by atoms with Gasteiger partial charge in [-0.1, -0.05) is 0 Å². The van der Waals surface area contributed by atoms with Gasteiger partial charge >= 0.3 is 12.1 Å². The smallest absolute Gasteiger partial charge is 0.475 e. The number of aliphatic carboxylic acids is 1. The van der Waals surface area contributed by atoms with Gasteiger partial charge < -0.3 is 15.7 Å². The molecule has 4 N–H and O–H groups in total. The topological polar surface area (TPSA) is 125 Å². The van der Waals surface area contributed by atoms with E-state index in [1.807, 2.05) is 0 Å². The van der Waals surface area contributed by atoms with Crippen LogP contribution in [-0.4, -0.2) is 49.7 Å². The van der Waals surface area contributed by atoms with Crippen LogP contribution in [0.4, 0.5) is 27.8 Å². The van der Waals surface area contributed by atoms with Gasteiger partial charge in [-0.2, -0.15) is 23.4 Å². The van der Waals surface area contributed by atoms with E-state index in [-0.39, 0.29) is 11.6 Å². The molecule has 15 heteroatoms. The number of aryl methyl sites for hydroxylation is 1. The molecule has 4 heterocycles. The van der Waals surface area contributed by atoms with Crippen molar-refractivity contribution in [3.63, 3.8) is 0 Å². The van der Waals surface area contributed by atoms with Crippen LogP contribution in [0, 0.1) is 0 Å². The van der Waals surface area contributed by atoms with E-state index in [0.717, 1.165) is 35.6 Å². The van der Waals surface area contributed by atoms with Crippen molar-refractivity contribution in [2.45, 2.75) is 25.6 Å². The molecule has 9 nitrogen and oxygen atoms in total. The first-order valence-corrected chi connectivity index (χ1v) is 9.43. The first-order chi connectivity index (χ1) is 14.5. The number of amides is 1. The third kappa shape index (κ3) is 4.82. The Hall–Kier alpha value is -3.07. The number of hydrogen-bond acceptors (Lipinski definition) is 6. The van der Waals surface area contributed by atoms with Crippen molar-refractivity contribution in [2.75, 3.05) is 11.9 Å². The molecule has 0 unspecified atom stereocenters. The van der Waals surface area contributed by atoms with E-state index in [2.05, 4.69) is 25.9 Å². The van der Waals surface area contributed by atoms with Crippen LogP contribution in [0.15, 0.2) is 6.07 Å². The van der Waals surface area contributed by atoms with E-state index in [9.17, 15) is 26.7 Å². The Morgan fingerprint density at radius 2 is 2.03 bits per heavy atom. The molecule has 0 aliphatic carbocycles. The second-order valence-corrected chi connectivity index (χ2v) is 7.38. The Morgan fingerprint density at radius 1 is 1.35 bits per heavy atom. The zero-order chi connectivity index (χ0) is 22.9. The number of hydrogen-bond donors (Lipinski definition) is 4. The highest BCUT2D eigenvalue weighted by molar-refractivity contribution is 7.20. The number of halogens is 5. The zero-order valence-electron chi connectivity index (χ0n) is 15.7. The average molecular weight is 466 g/mol. The number of nitrogens with one attached hydrogen (secondary N) is 3. The summed E-state index contributed by atoms with van der Waals surface area (Å²) in [5.74, 6) is -2.64. The van der Waals surface area contributed by atoms with Gasteiger partial charge in [0.05, 0.1) is 4.88 Å². The normalized spacial score (nSPS) is 13.6. The standard InChI is InChI=1S/C14H14F2N6OS.C2HF3O2/c1-22-14-6(10(21-22)11(15)16)4-9(24-14)13(23)18-12-7-5-17-3-2-8(7)19-20-12;3-2(4,5)1(6)7/h4,11,17H,2-3,5H2,1H3,(H2,18,19,20,23);(H,6,7). The number of carbonyl (C=O) groups excluding carboxylic acids is 1. The summed E-state index contributed by atoms with van der Waals surface area (Å²) in [6.45, 7) is 1.50. The second-order valence-electron chi connectivity index (χ2n) is 6.35. The van der Waals surface area contributed by atoms with E-state index in [1.54, 1.807) is 7.05 Å². The average Bonchev–Trinajstić information content (AvgIpc) is 3.37. The molecule has 0 radical (unpaired) electrons. The monoisotopic (exact) mass is 466 g/mol. The van der Waals surface area contributed by atoms with Crippen LogP contribution in [0.2, 0.25) is 0 Å². The van der Waals surface area contributed by atoms with Crippen molar-refractivity contribution in [1.29, 1.82) is 0 Å². The van der Waals surface area contributed by atoms with E-state index < -0.39 is 18.6 Å². The number of aromatic amines is 1. The minimum Gasteiger partial charge on any atom is -0.475 e. The number of thiophene rings is 1. The Labute approximate surface area is 174 Å². The molecule has 1 aliphatic heterocycles. The fourth-order valence-corrected chi connectivity index (χ4v) is 3.81. The van der Waals surface area contributed by atoms with Crippen LogP contribution in [0.1, 0.15) is 33.0 Å². The molecule has 1 aliphatic rings. The van der Waals surface area contributed by atoms with Gasteiger partial charge in [0.15, 0.2) is 5.82 Å². The molecule has 0 saturated carbocycles. The number of nitrogens with zero attached hydrogens (tertiary/aromatic N) is 3. The predicted molar refractivity (Wildman–Crippen MR) is 99.2 cm³/mol. The fraction of sp³-hybridized carbons (Fsp3) is 0.375. The van der Waals surface area contributed by atoms with Crippen LogP contribution in [0.5, 0.6) is 0 Å². The highest BCUT2D eigenvalue weighted by atomic mass is 32.1. The fourth-order valence-electron chi connectivity index (χ4n) is 2.84. The second kappa shape index (κ2) is 8.58. The van der Waals surface area contributed by atoms with Crippen LogP contribution in [0.25, 0.3) is 10.2 Å². The van der Waals surface area contributed by atoms with Crippen LogP contribution >= 0.6 is 11.3 Å². The number of carbonyl (C=O) groups is 2. The molecule has 3 aromatic heterocycles. The number of anilines is 1.